The van der Waals surface area contributed by atoms with Crippen LogP contribution in [0.4, 0.5) is 5.82 Å². The molecule has 5 heterocycles. The molecule has 1 fully saturated rings. The second-order valence-corrected chi connectivity index (χ2v) is 7.47. The molecule has 29 heavy (non-hydrogen) atoms. The molecule has 4 aromatic heterocycles. The number of aromatic amines is 1. The summed E-state index contributed by atoms with van der Waals surface area (Å²) in [4.78, 5) is 12.0. The molecule has 5 rings (SSSR count). The Morgan fingerprint density at radius 3 is 2.86 bits per heavy atom. The van der Waals surface area contributed by atoms with Gasteiger partial charge in [0.1, 0.15) is 17.0 Å². The molecular formula is C21H23N7O. The summed E-state index contributed by atoms with van der Waals surface area (Å²) in [5, 5.41) is 12.6. The number of pyridine rings is 2. The summed E-state index contributed by atoms with van der Waals surface area (Å²) in [7, 11) is 1.97. The Kier molecular flexibility index (Phi) is 4.28. The summed E-state index contributed by atoms with van der Waals surface area (Å²) in [6.07, 6.45) is 5.46. The maximum atomic E-state index is 5.64. The zero-order chi connectivity index (χ0) is 20.0. The Bertz CT molecular complexity index is 1150. The van der Waals surface area contributed by atoms with E-state index in [1.165, 1.54) is 0 Å². The number of aryl methyl sites for hydroxylation is 2. The van der Waals surface area contributed by atoms with Crippen LogP contribution in [-0.4, -0.2) is 55.7 Å². The van der Waals surface area contributed by atoms with Crippen molar-refractivity contribution in [1.82, 2.24) is 29.9 Å². The number of hydrogen-bond donors (Lipinski definition) is 1. The van der Waals surface area contributed by atoms with Gasteiger partial charge in [0.2, 0.25) is 0 Å². The van der Waals surface area contributed by atoms with Gasteiger partial charge in [-0.3, -0.25) is 14.8 Å². The summed E-state index contributed by atoms with van der Waals surface area (Å²) in [5.74, 6) is 0.928. The highest BCUT2D eigenvalue weighted by Crippen LogP contribution is 2.36. The van der Waals surface area contributed by atoms with Crippen LogP contribution in [0, 0.1) is 6.92 Å². The van der Waals surface area contributed by atoms with Crippen LogP contribution in [0.15, 0.2) is 36.8 Å². The van der Waals surface area contributed by atoms with Crippen LogP contribution < -0.4 is 4.90 Å². The molecule has 1 N–H and O–H groups in total. The number of H-pyrrole nitrogens is 1. The SMILES string of the molecule is Cc1cnn(C)c1-c1cc(N2CCOCC2C)nc2c(-c3ccn[nH]3)nccc12. The molecule has 1 aliphatic rings. The van der Waals surface area contributed by atoms with Crippen LogP contribution in [0.5, 0.6) is 0 Å². The quantitative estimate of drug-likeness (QED) is 0.580. The molecule has 1 unspecified atom stereocenters. The number of fused-ring (bicyclic) bond motifs is 1. The number of aromatic nitrogens is 6. The summed E-state index contributed by atoms with van der Waals surface area (Å²) in [6, 6.07) is 6.37. The van der Waals surface area contributed by atoms with Gasteiger partial charge in [-0.25, -0.2) is 4.98 Å². The van der Waals surface area contributed by atoms with Crippen molar-refractivity contribution in [3.8, 4) is 22.6 Å². The molecule has 0 bridgehead atoms. The van der Waals surface area contributed by atoms with E-state index in [1.54, 1.807) is 6.20 Å². The van der Waals surface area contributed by atoms with Gasteiger partial charge >= 0.3 is 0 Å². The lowest BCUT2D eigenvalue weighted by Crippen LogP contribution is -2.44. The number of hydrogen-bond acceptors (Lipinski definition) is 6. The van der Waals surface area contributed by atoms with Crippen molar-refractivity contribution >= 4 is 16.7 Å². The Morgan fingerprint density at radius 1 is 1.24 bits per heavy atom. The molecule has 1 saturated heterocycles. The van der Waals surface area contributed by atoms with Gasteiger partial charge < -0.3 is 9.64 Å². The van der Waals surface area contributed by atoms with E-state index in [0.29, 0.717) is 13.2 Å². The molecule has 8 nitrogen and oxygen atoms in total. The van der Waals surface area contributed by atoms with Gasteiger partial charge in [-0.2, -0.15) is 10.2 Å². The fourth-order valence-electron chi connectivity index (χ4n) is 4.07. The largest absolute Gasteiger partial charge is 0.377 e. The zero-order valence-corrected chi connectivity index (χ0v) is 16.8. The highest BCUT2D eigenvalue weighted by atomic mass is 16.5. The van der Waals surface area contributed by atoms with Crippen molar-refractivity contribution in [1.29, 1.82) is 0 Å². The summed E-state index contributed by atoms with van der Waals surface area (Å²) < 4.78 is 7.56. The number of nitrogens with one attached hydrogen (secondary N) is 1. The van der Waals surface area contributed by atoms with Gasteiger partial charge in [-0.05, 0) is 37.6 Å². The van der Waals surface area contributed by atoms with Crippen molar-refractivity contribution < 1.29 is 4.74 Å². The Morgan fingerprint density at radius 2 is 2.14 bits per heavy atom. The van der Waals surface area contributed by atoms with Crippen molar-refractivity contribution in [2.45, 2.75) is 19.9 Å². The first-order valence-electron chi connectivity index (χ1n) is 9.76. The van der Waals surface area contributed by atoms with E-state index in [9.17, 15) is 0 Å². The van der Waals surface area contributed by atoms with E-state index >= 15 is 0 Å². The Hall–Kier alpha value is -3.26. The standard InChI is InChI=1S/C21H23N7O/c1-13-11-24-27(3)21(13)16-10-18(28-8-9-29-12-14(28)2)25-19-15(16)4-6-22-20(19)17-5-7-23-26-17/h4-7,10-11,14H,8-9,12H2,1-3H3,(H,23,26). The van der Waals surface area contributed by atoms with E-state index in [4.69, 9.17) is 9.72 Å². The van der Waals surface area contributed by atoms with Crippen LogP contribution >= 0.6 is 0 Å². The molecule has 8 heteroatoms. The number of morpholine rings is 1. The smallest absolute Gasteiger partial charge is 0.130 e. The molecular weight excluding hydrogens is 366 g/mol. The van der Waals surface area contributed by atoms with Crippen LogP contribution in [0.1, 0.15) is 12.5 Å². The molecule has 0 radical (unpaired) electrons. The fourth-order valence-corrected chi connectivity index (χ4v) is 4.07. The van der Waals surface area contributed by atoms with Gasteiger partial charge in [0, 0.05) is 36.9 Å². The van der Waals surface area contributed by atoms with Crippen molar-refractivity contribution in [3.05, 3.63) is 42.4 Å². The van der Waals surface area contributed by atoms with Gasteiger partial charge in [-0.1, -0.05) is 0 Å². The maximum Gasteiger partial charge on any atom is 0.130 e. The monoisotopic (exact) mass is 389 g/mol. The molecule has 148 valence electrons. The Balaban J connectivity index is 1.82. The van der Waals surface area contributed by atoms with Crippen LogP contribution in [0.25, 0.3) is 33.5 Å². The van der Waals surface area contributed by atoms with Crippen molar-refractivity contribution in [2.75, 3.05) is 24.7 Å². The average Bonchev–Trinajstić information content (AvgIpc) is 3.37. The second-order valence-electron chi connectivity index (χ2n) is 7.47. The predicted octanol–water partition coefficient (Wildman–Crippen LogP) is 2.95. The third kappa shape index (κ3) is 2.96. The fraction of sp³-hybridized carbons (Fsp3) is 0.333. The van der Waals surface area contributed by atoms with Crippen molar-refractivity contribution in [3.63, 3.8) is 0 Å². The van der Waals surface area contributed by atoms with E-state index in [0.717, 1.165) is 51.5 Å². The summed E-state index contributed by atoms with van der Waals surface area (Å²) in [5.41, 5.74) is 5.81. The van der Waals surface area contributed by atoms with E-state index < -0.39 is 0 Å². The first-order chi connectivity index (χ1) is 14.1. The van der Waals surface area contributed by atoms with Crippen LogP contribution in [0.3, 0.4) is 0 Å². The first-order valence-corrected chi connectivity index (χ1v) is 9.76. The summed E-state index contributed by atoms with van der Waals surface area (Å²) >= 11 is 0. The van der Waals surface area contributed by atoms with E-state index in [-0.39, 0.29) is 6.04 Å². The summed E-state index contributed by atoms with van der Waals surface area (Å²) in [6.45, 7) is 6.45. The third-order valence-corrected chi connectivity index (χ3v) is 5.51. The van der Waals surface area contributed by atoms with Gasteiger partial charge in [0.25, 0.3) is 0 Å². The molecule has 4 aromatic rings. The molecule has 0 aromatic carbocycles. The lowest BCUT2D eigenvalue weighted by atomic mass is 10.0. The number of ether oxygens (including phenoxy) is 1. The minimum absolute atomic E-state index is 0.251. The van der Waals surface area contributed by atoms with Gasteiger partial charge in [0.05, 0.1) is 36.8 Å². The lowest BCUT2D eigenvalue weighted by Gasteiger charge is -2.34. The highest BCUT2D eigenvalue weighted by molar-refractivity contribution is 6.01. The van der Waals surface area contributed by atoms with Crippen molar-refractivity contribution in [2.24, 2.45) is 7.05 Å². The molecule has 0 spiro atoms. The molecule has 0 amide bonds. The average molecular weight is 389 g/mol. The van der Waals surface area contributed by atoms with Crippen LogP contribution in [0.2, 0.25) is 0 Å². The molecule has 1 atom stereocenters. The van der Waals surface area contributed by atoms with E-state index in [2.05, 4.69) is 45.1 Å². The first kappa shape index (κ1) is 17.8. The topological polar surface area (TPSA) is 84.8 Å². The predicted molar refractivity (Wildman–Crippen MR) is 112 cm³/mol. The maximum absolute atomic E-state index is 5.64. The second kappa shape index (κ2) is 6.97. The van der Waals surface area contributed by atoms with Crippen LogP contribution in [-0.2, 0) is 11.8 Å². The molecule has 0 aliphatic carbocycles. The van der Waals surface area contributed by atoms with Gasteiger partial charge in [-0.15, -0.1) is 0 Å². The normalized spacial score (nSPS) is 17.2. The Labute approximate surface area is 168 Å². The lowest BCUT2D eigenvalue weighted by molar-refractivity contribution is 0.0986. The number of anilines is 1. The molecule has 0 saturated carbocycles. The highest BCUT2D eigenvalue weighted by Gasteiger charge is 2.24. The third-order valence-electron chi connectivity index (χ3n) is 5.51. The molecule has 1 aliphatic heterocycles. The van der Waals surface area contributed by atoms with E-state index in [1.807, 2.05) is 36.3 Å². The zero-order valence-electron chi connectivity index (χ0n) is 16.8. The number of rotatable bonds is 3. The minimum Gasteiger partial charge on any atom is -0.377 e. The minimum atomic E-state index is 0.251. The number of nitrogens with zero attached hydrogens (tertiary/aromatic N) is 6. The van der Waals surface area contributed by atoms with Gasteiger partial charge in [0.15, 0.2) is 0 Å².